The first kappa shape index (κ1) is 26.1. The van der Waals surface area contributed by atoms with Crippen molar-refractivity contribution in [3.8, 4) is 23.1 Å². The minimum absolute atomic E-state index is 0. The van der Waals surface area contributed by atoms with Crippen molar-refractivity contribution in [1.82, 2.24) is 15.6 Å². The van der Waals surface area contributed by atoms with Crippen LogP contribution in [-0.2, 0) is 13.1 Å². The third kappa shape index (κ3) is 7.17. The molecular weight excluding hydrogens is 545 g/mol. The number of hydrogen-bond acceptors (Lipinski definition) is 5. The van der Waals surface area contributed by atoms with Gasteiger partial charge in [-0.1, -0.05) is 12.1 Å². The van der Waals surface area contributed by atoms with E-state index in [4.69, 9.17) is 14.2 Å². The van der Waals surface area contributed by atoms with Gasteiger partial charge in [0.05, 0.1) is 14.2 Å². The first-order valence-corrected chi connectivity index (χ1v) is 9.76. The zero-order valence-corrected chi connectivity index (χ0v) is 20.7. The summed E-state index contributed by atoms with van der Waals surface area (Å²) in [5.41, 5.74) is 1.08. The molecule has 0 fully saturated rings. The van der Waals surface area contributed by atoms with Gasteiger partial charge < -0.3 is 24.8 Å². The number of methoxy groups -OCH3 is 2. The summed E-state index contributed by atoms with van der Waals surface area (Å²) >= 11 is 0. The van der Waals surface area contributed by atoms with Crippen LogP contribution in [0, 0.1) is 11.6 Å². The Morgan fingerprint density at radius 2 is 1.67 bits per heavy atom. The lowest BCUT2D eigenvalue weighted by Crippen LogP contribution is -2.36. The molecule has 0 saturated carbocycles. The van der Waals surface area contributed by atoms with Crippen molar-refractivity contribution in [3.05, 3.63) is 77.5 Å². The van der Waals surface area contributed by atoms with Crippen LogP contribution in [0.4, 0.5) is 8.78 Å². The highest BCUT2D eigenvalue weighted by Crippen LogP contribution is 2.39. The highest BCUT2D eigenvalue weighted by atomic mass is 127. The number of nitrogens with zero attached hydrogens (tertiary/aromatic N) is 2. The lowest BCUT2D eigenvalue weighted by Gasteiger charge is -2.14. The maximum atomic E-state index is 13.8. The second-order valence-corrected chi connectivity index (χ2v) is 6.61. The van der Waals surface area contributed by atoms with Gasteiger partial charge in [-0.3, -0.25) is 4.99 Å². The summed E-state index contributed by atoms with van der Waals surface area (Å²) in [5, 5.41) is 6.05. The van der Waals surface area contributed by atoms with Crippen molar-refractivity contribution >= 4 is 29.9 Å². The standard InChI is InChI=1S/C23H24F2N4O3.HI/c1-26-23(29-14-16-11-17(24)8-9-18(16)25)28-13-15-7-10-21(27-12-15)32-22-19(30-2)5-4-6-20(22)31-3;/h4-12H,13-14H2,1-3H3,(H2,26,28,29);1H. The van der Waals surface area contributed by atoms with Crippen LogP contribution in [0.5, 0.6) is 23.1 Å². The Hall–Kier alpha value is -3.15. The third-order valence-electron chi connectivity index (χ3n) is 4.52. The molecule has 10 heteroatoms. The number of guanidine groups is 1. The minimum atomic E-state index is -0.495. The van der Waals surface area contributed by atoms with Gasteiger partial charge in [-0.2, -0.15) is 0 Å². The number of ether oxygens (including phenoxy) is 3. The number of aromatic nitrogens is 1. The van der Waals surface area contributed by atoms with E-state index in [1.54, 1.807) is 51.7 Å². The van der Waals surface area contributed by atoms with E-state index >= 15 is 0 Å². The van der Waals surface area contributed by atoms with Crippen LogP contribution in [0.3, 0.4) is 0 Å². The van der Waals surface area contributed by atoms with Crippen molar-refractivity contribution in [2.24, 2.45) is 4.99 Å². The lowest BCUT2D eigenvalue weighted by atomic mass is 10.2. The highest BCUT2D eigenvalue weighted by molar-refractivity contribution is 14.0. The molecule has 0 unspecified atom stereocenters. The summed E-state index contributed by atoms with van der Waals surface area (Å²) in [7, 11) is 4.69. The maximum Gasteiger partial charge on any atom is 0.219 e. The maximum absolute atomic E-state index is 13.8. The van der Waals surface area contributed by atoms with Gasteiger partial charge >= 0.3 is 0 Å². The molecule has 0 atom stereocenters. The zero-order valence-electron chi connectivity index (χ0n) is 18.4. The molecule has 3 aromatic rings. The lowest BCUT2D eigenvalue weighted by molar-refractivity contribution is 0.342. The fourth-order valence-electron chi connectivity index (χ4n) is 2.86. The summed E-state index contributed by atoms with van der Waals surface area (Å²) in [5.74, 6) is 1.33. The summed E-state index contributed by atoms with van der Waals surface area (Å²) in [4.78, 5) is 8.41. The fourth-order valence-corrected chi connectivity index (χ4v) is 2.86. The van der Waals surface area contributed by atoms with Crippen LogP contribution in [0.25, 0.3) is 0 Å². The van der Waals surface area contributed by atoms with Gasteiger partial charge in [0.1, 0.15) is 11.6 Å². The number of para-hydroxylation sites is 1. The number of rotatable bonds is 8. The smallest absolute Gasteiger partial charge is 0.219 e. The molecule has 7 nitrogen and oxygen atoms in total. The number of benzene rings is 2. The van der Waals surface area contributed by atoms with Gasteiger partial charge in [-0.15, -0.1) is 24.0 Å². The average molecular weight is 570 g/mol. The summed E-state index contributed by atoms with van der Waals surface area (Å²) in [6, 6.07) is 12.2. The largest absolute Gasteiger partial charge is 0.493 e. The van der Waals surface area contributed by atoms with E-state index in [0.29, 0.717) is 35.6 Å². The van der Waals surface area contributed by atoms with Gasteiger partial charge in [0.25, 0.3) is 0 Å². The molecule has 0 aliphatic carbocycles. The van der Waals surface area contributed by atoms with E-state index in [1.165, 1.54) is 0 Å². The van der Waals surface area contributed by atoms with Crippen LogP contribution in [-0.4, -0.2) is 32.2 Å². The Labute approximate surface area is 208 Å². The number of halogens is 3. The molecule has 1 heterocycles. The third-order valence-corrected chi connectivity index (χ3v) is 4.52. The van der Waals surface area contributed by atoms with Crippen LogP contribution in [0.15, 0.2) is 59.7 Å². The molecule has 3 rings (SSSR count). The van der Waals surface area contributed by atoms with Gasteiger partial charge in [0.2, 0.25) is 11.6 Å². The van der Waals surface area contributed by atoms with Gasteiger partial charge in [0.15, 0.2) is 17.5 Å². The molecule has 0 spiro atoms. The zero-order chi connectivity index (χ0) is 22.9. The Morgan fingerprint density at radius 3 is 2.27 bits per heavy atom. The number of nitrogens with one attached hydrogen (secondary N) is 2. The molecule has 0 saturated heterocycles. The van der Waals surface area contributed by atoms with Crippen LogP contribution in [0.1, 0.15) is 11.1 Å². The van der Waals surface area contributed by atoms with Crippen molar-refractivity contribution in [3.63, 3.8) is 0 Å². The molecule has 176 valence electrons. The first-order valence-electron chi connectivity index (χ1n) is 9.76. The minimum Gasteiger partial charge on any atom is -0.493 e. The topological polar surface area (TPSA) is 77.0 Å². The Kier molecular flexibility index (Phi) is 10.1. The van der Waals surface area contributed by atoms with Crippen molar-refractivity contribution < 1.29 is 23.0 Å². The monoisotopic (exact) mass is 570 g/mol. The molecule has 1 aromatic heterocycles. The first-order chi connectivity index (χ1) is 15.5. The fraction of sp³-hybridized carbons (Fsp3) is 0.217. The molecular formula is C23H25F2IN4O3. The Balaban J connectivity index is 0.00000385. The van der Waals surface area contributed by atoms with E-state index < -0.39 is 11.6 Å². The van der Waals surface area contributed by atoms with Gasteiger partial charge in [-0.05, 0) is 35.9 Å². The molecule has 0 amide bonds. The number of pyridine rings is 1. The van der Waals surface area contributed by atoms with E-state index in [2.05, 4.69) is 20.6 Å². The molecule has 0 aliphatic rings. The van der Waals surface area contributed by atoms with Crippen LogP contribution < -0.4 is 24.8 Å². The predicted molar refractivity (Wildman–Crippen MR) is 133 cm³/mol. The summed E-state index contributed by atoms with van der Waals surface area (Å²) < 4.78 is 43.6. The van der Waals surface area contributed by atoms with Crippen molar-refractivity contribution in [2.45, 2.75) is 13.1 Å². The highest BCUT2D eigenvalue weighted by Gasteiger charge is 2.13. The van der Waals surface area contributed by atoms with Gasteiger partial charge in [0, 0.05) is 38.0 Å². The Bertz CT molecular complexity index is 1060. The van der Waals surface area contributed by atoms with Crippen molar-refractivity contribution in [1.29, 1.82) is 0 Å². The van der Waals surface area contributed by atoms with E-state index in [-0.39, 0.29) is 36.1 Å². The van der Waals surface area contributed by atoms with Crippen LogP contribution >= 0.6 is 24.0 Å². The van der Waals surface area contributed by atoms with E-state index in [9.17, 15) is 8.78 Å². The predicted octanol–water partition coefficient (Wildman–Crippen LogP) is 4.65. The van der Waals surface area contributed by atoms with Gasteiger partial charge in [-0.25, -0.2) is 13.8 Å². The molecule has 0 aliphatic heterocycles. The number of hydrogen-bond donors (Lipinski definition) is 2. The summed E-state index contributed by atoms with van der Waals surface area (Å²) in [6.07, 6.45) is 1.66. The second-order valence-electron chi connectivity index (χ2n) is 6.61. The molecule has 2 aromatic carbocycles. The second kappa shape index (κ2) is 12.8. The Morgan fingerprint density at radius 1 is 0.970 bits per heavy atom. The van der Waals surface area contributed by atoms with E-state index in [0.717, 1.165) is 23.8 Å². The van der Waals surface area contributed by atoms with E-state index in [1.807, 2.05) is 6.07 Å². The van der Waals surface area contributed by atoms with Crippen LogP contribution in [0.2, 0.25) is 0 Å². The molecule has 33 heavy (non-hydrogen) atoms. The summed E-state index contributed by atoms with van der Waals surface area (Å²) in [6.45, 7) is 0.506. The number of aliphatic imine (C=N–C) groups is 1. The SMILES string of the molecule is CN=C(NCc1ccc(Oc2c(OC)cccc2OC)nc1)NCc1cc(F)ccc1F.I. The normalized spacial score (nSPS) is 10.8. The van der Waals surface area contributed by atoms with Crippen molar-refractivity contribution in [2.75, 3.05) is 21.3 Å². The molecule has 0 bridgehead atoms. The average Bonchev–Trinajstić information content (AvgIpc) is 2.82. The molecule has 2 N–H and O–H groups in total. The quantitative estimate of drug-likeness (QED) is 0.233. The molecule has 0 radical (unpaired) electrons.